The fourth-order valence-electron chi connectivity index (χ4n) is 3.41. The van der Waals surface area contributed by atoms with Crippen LogP contribution in [0.4, 0.5) is 4.39 Å². The van der Waals surface area contributed by atoms with Crippen molar-refractivity contribution in [2.24, 2.45) is 5.73 Å². The number of hydrogen-bond acceptors (Lipinski definition) is 3. The Morgan fingerprint density at radius 2 is 2.05 bits per heavy atom. The largest absolute Gasteiger partial charge is 0.488 e. The standard InChI is InChI=1S/C17H27FN2O/c1-4-17(5-2,12-19)20(6-3)11-15-10-13-9-14(18)7-8-16(13)21-15/h7-9,15H,4-6,10-12,19H2,1-3H3. The van der Waals surface area contributed by atoms with Crippen molar-refractivity contribution >= 4 is 0 Å². The minimum atomic E-state index is -0.191. The summed E-state index contributed by atoms with van der Waals surface area (Å²) < 4.78 is 19.3. The van der Waals surface area contributed by atoms with Crippen molar-refractivity contribution in [3.8, 4) is 5.75 Å². The fraction of sp³-hybridized carbons (Fsp3) is 0.647. The van der Waals surface area contributed by atoms with Crippen LogP contribution in [0.5, 0.6) is 5.75 Å². The summed E-state index contributed by atoms with van der Waals surface area (Å²) in [4.78, 5) is 2.43. The lowest BCUT2D eigenvalue weighted by molar-refractivity contribution is 0.0510. The van der Waals surface area contributed by atoms with Gasteiger partial charge in [-0.15, -0.1) is 0 Å². The van der Waals surface area contributed by atoms with Crippen molar-refractivity contribution in [1.82, 2.24) is 4.90 Å². The van der Waals surface area contributed by atoms with Gasteiger partial charge in [0, 0.05) is 30.6 Å². The molecule has 0 aromatic heterocycles. The first-order valence-corrected chi connectivity index (χ1v) is 7.98. The van der Waals surface area contributed by atoms with E-state index in [0.717, 1.165) is 43.7 Å². The number of ether oxygens (including phenoxy) is 1. The number of halogens is 1. The molecule has 0 fully saturated rings. The van der Waals surface area contributed by atoms with Crippen LogP contribution in [0.3, 0.4) is 0 Å². The molecule has 0 saturated carbocycles. The molecule has 3 nitrogen and oxygen atoms in total. The second-order valence-electron chi connectivity index (χ2n) is 5.87. The predicted molar refractivity (Wildman–Crippen MR) is 84.1 cm³/mol. The lowest BCUT2D eigenvalue weighted by atomic mass is 9.90. The summed E-state index contributed by atoms with van der Waals surface area (Å²) in [6.45, 7) is 8.99. The SMILES string of the molecule is CCN(CC1Cc2cc(F)ccc2O1)C(CC)(CC)CN. The van der Waals surface area contributed by atoms with Gasteiger partial charge in [0.05, 0.1) is 0 Å². The lowest BCUT2D eigenvalue weighted by Crippen LogP contribution is -2.55. The van der Waals surface area contributed by atoms with Gasteiger partial charge in [0.2, 0.25) is 0 Å². The maximum Gasteiger partial charge on any atom is 0.123 e. The number of hydrogen-bond donors (Lipinski definition) is 1. The summed E-state index contributed by atoms with van der Waals surface area (Å²) in [7, 11) is 0. The molecule has 0 saturated heterocycles. The fourth-order valence-corrected chi connectivity index (χ4v) is 3.41. The summed E-state index contributed by atoms with van der Waals surface area (Å²) in [5, 5.41) is 0. The van der Waals surface area contributed by atoms with Gasteiger partial charge in [0.15, 0.2) is 0 Å². The van der Waals surface area contributed by atoms with E-state index in [1.807, 2.05) is 0 Å². The molecule has 2 rings (SSSR count). The highest BCUT2D eigenvalue weighted by molar-refractivity contribution is 5.38. The monoisotopic (exact) mass is 294 g/mol. The molecule has 0 aliphatic carbocycles. The molecule has 0 radical (unpaired) electrons. The number of benzene rings is 1. The Bertz CT molecular complexity index is 466. The van der Waals surface area contributed by atoms with Crippen LogP contribution in [-0.2, 0) is 6.42 Å². The molecule has 1 aliphatic rings. The zero-order valence-corrected chi connectivity index (χ0v) is 13.4. The van der Waals surface area contributed by atoms with Gasteiger partial charge in [0.1, 0.15) is 17.7 Å². The van der Waals surface area contributed by atoms with E-state index < -0.39 is 0 Å². The van der Waals surface area contributed by atoms with Crippen molar-refractivity contribution in [1.29, 1.82) is 0 Å². The molecule has 0 bridgehead atoms. The Labute approximate surface area is 127 Å². The average Bonchev–Trinajstić information content (AvgIpc) is 2.89. The second kappa shape index (κ2) is 6.75. The van der Waals surface area contributed by atoms with E-state index in [2.05, 4.69) is 25.7 Å². The lowest BCUT2D eigenvalue weighted by Gasteiger charge is -2.43. The van der Waals surface area contributed by atoms with Crippen LogP contribution in [0.1, 0.15) is 39.2 Å². The summed E-state index contributed by atoms with van der Waals surface area (Å²) in [6.07, 6.45) is 2.92. The number of rotatable bonds is 7. The zero-order valence-electron chi connectivity index (χ0n) is 13.4. The van der Waals surface area contributed by atoms with Crippen molar-refractivity contribution in [2.75, 3.05) is 19.6 Å². The van der Waals surface area contributed by atoms with Gasteiger partial charge in [-0.3, -0.25) is 4.90 Å². The van der Waals surface area contributed by atoms with Gasteiger partial charge in [-0.25, -0.2) is 4.39 Å². The smallest absolute Gasteiger partial charge is 0.123 e. The molecule has 1 heterocycles. The van der Waals surface area contributed by atoms with Gasteiger partial charge in [0.25, 0.3) is 0 Å². The molecule has 118 valence electrons. The quantitative estimate of drug-likeness (QED) is 0.840. The van der Waals surface area contributed by atoms with E-state index in [9.17, 15) is 4.39 Å². The van der Waals surface area contributed by atoms with E-state index in [1.165, 1.54) is 6.07 Å². The average molecular weight is 294 g/mol. The molecule has 1 aromatic rings. The molecule has 1 atom stereocenters. The summed E-state index contributed by atoms with van der Waals surface area (Å²) in [5.41, 5.74) is 7.07. The van der Waals surface area contributed by atoms with E-state index in [4.69, 9.17) is 10.5 Å². The minimum absolute atomic E-state index is 0.0398. The van der Waals surface area contributed by atoms with Crippen molar-refractivity contribution in [2.45, 2.75) is 51.7 Å². The molecule has 0 spiro atoms. The van der Waals surface area contributed by atoms with Gasteiger partial charge in [-0.2, -0.15) is 0 Å². The Morgan fingerprint density at radius 1 is 1.33 bits per heavy atom. The highest BCUT2D eigenvalue weighted by Gasteiger charge is 2.34. The molecule has 2 N–H and O–H groups in total. The van der Waals surface area contributed by atoms with Crippen molar-refractivity contribution in [3.63, 3.8) is 0 Å². The number of fused-ring (bicyclic) bond motifs is 1. The van der Waals surface area contributed by atoms with Crippen LogP contribution < -0.4 is 10.5 Å². The van der Waals surface area contributed by atoms with E-state index in [1.54, 1.807) is 12.1 Å². The van der Waals surface area contributed by atoms with Crippen LogP contribution in [0.2, 0.25) is 0 Å². The third-order valence-corrected chi connectivity index (χ3v) is 4.94. The molecule has 1 unspecified atom stereocenters. The minimum Gasteiger partial charge on any atom is -0.488 e. The topological polar surface area (TPSA) is 38.5 Å². The van der Waals surface area contributed by atoms with Crippen molar-refractivity contribution in [3.05, 3.63) is 29.6 Å². The zero-order chi connectivity index (χ0) is 15.5. The van der Waals surface area contributed by atoms with Gasteiger partial charge >= 0.3 is 0 Å². The highest BCUT2D eigenvalue weighted by Crippen LogP contribution is 2.31. The first-order chi connectivity index (χ1) is 10.1. The molecule has 1 aliphatic heterocycles. The van der Waals surface area contributed by atoms with Crippen LogP contribution in [0, 0.1) is 5.82 Å². The van der Waals surface area contributed by atoms with Crippen molar-refractivity contribution < 1.29 is 9.13 Å². The third-order valence-electron chi connectivity index (χ3n) is 4.94. The maximum absolute atomic E-state index is 13.3. The highest BCUT2D eigenvalue weighted by atomic mass is 19.1. The van der Waals surface area contributed by atoms with Gasteiger partial charge < -0.3 is 10.5 Å². The van der Waals surface area contributed by atoms with E-state index >= 15 is 0 Å². The second-order valence-corrected chi connectivity index (χ2v) is 5.87. The summed E-state index contributed by atoms with van der Waals surface area (Å²) in [5.74, 6) is 0.632. The number of nitrogens with zero attached hydrogens (tertiary/aromatic N) is 1. The first kappa shape index (κ1) is 16.2. The van der Waals surface area contributed by atoms with E-state index in [-0.39, 0.29) is 17.5 Å². The Hall–Kier alpha value is -1.13. The van der Waals surface area contributed by atoms with Gasteiger partial charge in [-0.1, -0.05) is 20.8 Å². The van der Waals surface area contributed by atoms with Crippen LogP contribution >= 0.6 is 0 Å². The Kier molecular flexibility index (Phi) is 5.22. The summed E-state index contributed by atoms with van der Waals surface area (Å²) in [6, 6.07) is 4.78. The molecule has 4 heteroatoms. The molecular weight excluding hydrogens is 267 g/mol. The molecular formula is C17H27FN2O. The van der Waals surface area contributed by atoms with E-state index in [0.29, 0.717) is 6.54 Å². The molecule has 1 aromatic carbocycles. The van der Waals surface area contributed by atoms with Gasteiger partial charge in [-0.05, 0) is 37.6 Å². The third kappa shape index (κ3) is 3.22. The molecule has 0 amide bonds. The maximum atomic E-state index is 13.3. The van der Waals surface area contributed by atoms with Crippen LogP contribution in [0.25, 0.3) is 0 Å². The Balaban J connectivity index is 2.08. The Morgan fingerprint density at radius 3 is 2.62 bits per heavy atom. The number of likely N-dealkylation sites (N-methyl/N-ethyl adjacent to an activating group) is 1. The first-order valence-electron chi connectivity index (χ1n) is 7.98. The predicted octanol–water partition coefficient (Wildman–Crippen LogP) is 2.97. The van der Waals surface area contributed by atoms with Crippen LogP contribution in [0.15, 0.2) is 18.2 Å². The normalized spacial score (nSPS) is 17.9. The molecule has 21 heavy (non-hydrogen) atoms. The number of nitrogens with two attached hydrogens (primary N) is 1. The van der Waals surface area contributed by atoms with Crippen LogP contribution in [-0.4, -0.2) is 36.2 Å². The summed E-state index contributed by atoms with van der Waals surface area (Å²) >= 11 is 0.